The zero-order valence-corrected chi connectivity index (χ0v) is 9.33. The van der Waals surface area contributed by atoms with Crippen LogP contribution in [0, 0.1) is 21.4 Å². The Balaban J connectivity index is 3.06. The molecule has 1 rings (SSSR count). The summed E-state index contributed by atoms with van der Waals surface area (Å²) >= 11 is 0. The van der Waals surface area contributed by atoms with Crippen molar-refractivity contribution in [2.24, 2.45) is 0 Å². The maximum Gasteiger partial charge on any atom is 0.312 e. The van der Waals surface area contributed by atoms with Gasteiger partial charge < -0.3 is 10.0 Å². The van der Waals surface area contributed by atoms with Crippen molar-refractivity contribution in [3.63, 3.8) is 0 Å². The molecule has 0 aliphatic carbocycles. The lowest BCUT2D eigenvalue weighted by Crippen LogP contribution is -2.21. The van der Waals surface area contributed by atoms with Crippen molar-refractivity contribution in [1.82, 2.24) is 4.98 Å². The van der Waals surface area contributed by atoms with E-state index >= 15 is 0 Å². The van der Waals surface area contributed by atoms with Crippen LogP contribution in [0.25, 0.3) is 0 Å². The van der Waals surface area contributed by atoms with Crippen LogP contribution in [0.5, 0.6) is 0 Å². The molecule has 1 aromatic rings. The van der Waals surface area contributed by atoms with Crippen LogP contribution in [0.15, 0.2) is 12.3 Å². The minimum Gasteiger partial charge on any atom is -0.396 e. The molecule has 0 fully saturated rings. The number of nitrogens with zero attached hydrogens (tertiary/aromatic N) is 4. The zero-order chi connectivity index (χ0) is 12.8. The average molecular weight is 236 g/mol. The van der Waals surface area contributed by atoms with Crippen LogP contribution < -0.4 is 4.90 Å². The van der Waals surface area contributed by atoms with Gasteiger partial charge in [0.1, 0.15) is 6.07 Å². The molecule has 0 atom stereocenters. The Labute approximate surface area is 98.1 Å². The SMILES string of the molecule is CN(CCCO)c1ncc(C#N)cc1[N+](=O)[O-]. The molecule has 0 amide bonds. The molecule has 1 heterocycles. The van der Waals surface area contributed by atoms with Gasteiger partial charge in [-0.15, -0.1) is 0 Å². The van der Waals surface area contributed by atoms with Crippen molar-refractivity contribution in [3.8, 4) is 6.07 Å². The van der Waals surface area contributed by atoms with Gasteiger partial charge in [0.25, 0.3) is 0 Å². The van der Waals surface area contributed by atoms with Crippen molar-refractivity contribution < 1.29 is 10.0 Å². The molecular weight excluding hydrogens is 224 g/mol. The lowest BCUT2D eigenvalue weighted by molar-refractivity contribution is -0.384. The van der Waals surface area contributed by atoms with E-state index < -0.39 is 4.92 Å². The summed E-state index contributed by atoms with van der Waals surface area (Å²) in [4.78, 5) is 15.8. The third-order valence-electron chi connectivity index (χ3n) is 2.19. The molecule has 7 nitrogen and oxygen atoms in total. The second-order valence-corrected chi connectivity index (χ2v) is 3.43. The van der Waals surface area contributed by atoms with Crippen molar-refractivity contribution in [3.05, 3.63) is 27.9 Å². The first-order valence-electron chi connectivity index (χ1n) is 4.96. The molecule has 1 N–H and O–H groups in total. The molecule has 7 heteroatoms. The topological polar surface area (TPSA) is 103 Å². The number of anilines is 1. The smallest absolute Gasteiger partial charge is 0.312 e. The molecule has 0 aromatic carbocycles. The highest BCUT2D eigenvalue weighted by Gasteiger charge is 2.19. The Hall–Kier alpha value is -2.20. The molecule has 1 aromatic heterocycles. The summed E-state index contributed by atoms with van der Waals surface area (Å²) in [7, 11) is 1.65. The van der Waals surface area contributed by atoms with Gasteiger partial charge in [-0.05, 0) is 6.42 Å². The predicted octanol–water partition coefficient (Wildman–Crippen LogP) is 0.680. The minimum atomic E-state index is -0.571. The normalized spacial score (nSPS) is 9.71. The number of aromatic nitrogens is 1. The van der Waals surface area contributed by atoms with Crippen molar-refractivity contribution in [2.75, 3.05) is 25.1 Å². The molecule has 0 unspecified atom stereocenters. The lowest BCUT2D eigenvalue weighted by Gasteiger charge is -2.17. The van der Waals surface area contributed by atoms with Gasteiger partial charge in [-0.3, -0.25) is 10.1 Å². The summed E-state index contributed by atoms with van der Waals surface area (Å²) in [5.74, 6) is 0.197. The van der Waals surface area contributed by atoms with Gasteiger partial charge in [0, 0.05) is 32.5 Å². The highest BCUT2D eigenvalue weighted by molar-refractivity contribution is 5.59. The van der Waals surface area contributed by atoms with E-state index in [2.05, 4.69) is 4.98 Å². The van der Waals surface area contributed by atoms with Crippen LogP contribution in [0.4, 0.5) is 11.5 Å². The van der Waals surface area contributed by atoms with Gasteiger partial charge in [0.15, 0.2) is 0 Å². The first-order chi connectivity index (χ1) is 8.10. The fourth-order valence-corrected chi connectivity index (χ4v) is 1.35. The molecule has 0 saturated carbocycles. The third kappa shape index (κ3) is 3.12. The standard InChI is InChI=1S/C10H12N4O3/c1-13(3-2-4-15)10-9(14(16)17)5-8(6-11)7-12-10/h5,7,15H,2-4H2,1H3. The fourth-order valence-electron chi connectivity index (χ4n) is 1.35. The van der Waals surface area contributed by atoms with Crippen molar-refractivity contribution in [2.45, 2.75) is 6.42 Å². The van der Waals surface area contributed by atoms with E-state index in [1.54, 1.807) is 18.0 Å². The number of nitriles is 1. The molecule has 90 valence electrons. The average Bonchev–Trinajstić information content (AvgIpc) is 2.35. The van der Waals surface area contributed by atoms with Crippen LogP contribution in [-0.4, -0.2) is 35.2 Å². The van der Waals surface area contributed by atoms with Gasteiger partial charge in [0.2, 0.25) is 5.82 Å². The number of rotatable bonds is 5. The van der Waals surface area contributed by atoms with Gasteiger partial charge >= 0.3 is 5.69 Å². The Bertz CT molecular complexity index is 455. The Morgan fingerprint density at radius 1 is 1.71 bits per heavy atom. The maximum atomic E-state index is 10.8. The second kappa shape index (κ2) is 5.77. The summed E-state index contributed by atoms with van der Waals surface area (Å²) in [6.45, 7) is 0.463. The summed E-state index contributed by atoms with van der Waals surface area (Å²) < 4.78 is 0. The van der Waals surface area contributed by atoms with Crippen molar-refractivity contribution >= 4 is 11.5 Å². The van der Waals surface area contributed by atoms with Gasteiger partial charge in [-0.2, -0.15) is 5.26 Å². The molecule has 17 heavy (non-hydrogen) atoms. The van der Waals surface area contributed by atoms with E-state index in [1.165, 1.54) is 12.3 Å². The molecule has 0 bridgehead atoms. The lowest BCUT2D eigenvalue weighted by atomic mass is 10.2. The van der Waals surface area contributed by atoms with E-state index in [0.717, 1.165) is 0 Å². The molecule has 0 aliphatic heterocycles. The first-order valence-corrected chi connectivity index (χ1v) is 4.96. The zero-order valence-electron chi connectivity index (χ0n) is 9.33. The van der Waals surface area contributed by atoms with E-state index in [0.29, 0.717) is 13.0 Å². The van der Waals surface area contributed by atoms with Crippen LogP contribution in [0.3, 0.4) is 0 Å². The van der Waals surface area contributed by atoms with Crippen LogP contribution in [-0.2, 0) is 0 Å². The summed E-state index contributed by atoms with van der Waals surface area (Å²) in [6, 6.07) is 3.00. The number of aliphatic hydroxyl groups is 1. The highest BCUT2D eigenvalue weighted by Crippen LogP contribution is 2.25. The summed E-state index contributed by atoms with van der Waals surface area (Å²) in [5.41, 5.74) is -0.0551. The Kier molecular flexibility index (Phi) is 4.37. The molecule has 0 radical (unpaired) electrons. The fraction of sp³-hybridized carbons (Fsp3) is 0.400. The highest BCUT2D eigenvalue weighted by atomic mass is 16.6. The maximum absolute atomic E-state index is 10.8. The second-order valence-electron chi connectivity index (χ2n) is 3.43. The summed E-state index contributed by atoms with van der Waals surface area (Å²) in [5, 5.41) is 28.2. The van der Waals surface area contributed by atoms with Gasteiger partial charge in [-0.25, -0.2) is 4.98 Å². The Morgan fingerprint density at radius 3 is 2.94 bits per heavy atom. The summed E-state index contributed by atoms with van der Waals surface area (Å²) in [6.07, 6.45) is 1.78. The number of pyridine rings is 1. The van der Waals surface area contributed by atoms with Gasteiger partial charge in [-0.1, -0.05) is 0 Å². The monoisotopic (exact) mass is 236 g/mol. The van der Waals surface area contributed by atoms with E-state index in [1.807, 2.05) is 0 Å². The molecular formula is C10H12N4O3. The van der Waals surface area contributed by atoms with E-state index in [4.69, 9.17) is 10.4 Å². The van der Waals surface area contributed by atoms with E-state index in [-0.39, 0.29) is 23.7 Å². The minimum absolute atomic E-state index is 0.00835. The van der Waals surface area contributed by atoms with Crippen LogP contribution in [0.1, 0.15) is 12.0 Å². The van der Waals surface area contributed by atoms with Gasteiger partial charge in [0.05, 0.1) is 10.5 Å². The molecule has 0 spiro atoms. The first kappa shape index (κ1) is 12.9. The van der Waals surface area contributed by atoms with E-state index in [9.17, 15) is 10.1 Å². The third-order valence-corrected chi connectivity index (χ3v) is 2.19. The van der Waals surface area contributed by atoms with Crippen LogP contribution in [0.2, 0.25) is 0 Å². The number of nitro groups is 1. The largest absolute Gasteiger partial charge is 0.396 e. The Morgan fingerprint density at radius 2 is 2.41 bits per heavy atom. The number of aliphatic hydroxyl groups excluding tert-OH is 1. The number of hydrogen-bond donors (Lipinski definition) is 1. The van der Waals surface area contributed by atoms with Crippen LogP contribution >= 0.6 is 0 Å². The molecule has 0 aliphatic rings. The molecule has 0 saturated heterocycles. The van der Waals surface area contributed by atoms with Crippen molar-refractivity contribution in [1.29, 1.82) is 5.26 Å². The number of hydrogen-bond acceptors (Lipinski definition) is 6. The quantitative estimate of drug-likeness (QED) is 0.595. The predicted molar refractivity (Wildman–Crippen MR) is 60.6 cm³/mol.